The van der Waals surface area contributed by atoms with Gasteiger partial charge in [0, 0.05) is 49.0 Å². The molecule has 2 fully saturated rings. The minimum Gasteiger partial charge on any atom is -0.342 e. The first-order valence-electron chi connectivity index (χ1n) is 12.3. The molecule has 0 unspecified atom stereocenters. The molecule has 0 bridgehead atoms. The fraction of sp³-hybridized carbons (Fsp3) is 0.556. The van der Waals surface area contributed by atoms with Crippen molar-refractivity contribution in [1.29, 1.82) is 0 Å². The van der Waals surface area contributed by atoms with Crippen LogP contribution in [-0.2, 0) is 16.0 Å². The Morgan fingerprint density at radius 1 is 0.939 bits per heavy atom. The van der Waals surface area contributed by atoms with Gasteiger partial charge < -0.3 is 9.80 Å². The van der Waals surface area contributed by atoms with Crippen LogP contribution < -0.4 is 0 Å². The van der Waals surface area contributed by atoms with E-state index in [2.05, 4.69) is 31.2 Å². The van der Waals surface area contributed by atoms with Crippen LogP contribution in [0.4, 0.5) is 0 Å². The maximum Gasteiger partial charge on any atom is 0.229 e. The number of likely N-dealkylation sites (tertiary alicyclic amines) is 2. The molecule has 2 saturated heterocycles. The SMILES string of the molecule is Cc1ccc([C@@H](C)C(=O)N2CCC[C@H](c3nc(C)c(CC(=O)N4CCCC4)c(C)n3)C2)cc1. The van der Waals surface area contributed by atoms with E-state index in [1.807, 2.05) is 30.6 Å². The summed E-state index contributed by atoms with van der Waals surface area (Å²) in [6.45, 7) is 11.2. The van der Waals surface area contributed by atoms with Crippen molar-refractivity contribution in [1.82, 2.24) is 19.8 Å². The highest BCUT2D eigenvalue weighted by Crippen LogP contribution is 2.29. The van der Waals surface area contributed by atoms with Crippen molar-refractivity contribution < 1.29 is 9.59 Å². The number of carbonyl (C=O) groups is 2. The molecule has 2 atom stereocenters. The maximum atomic E-state index is 13.2. The molecule has 6 nitrogen and oxygen atoms in total. The summed E-state index contributed by atoms with van der Waals surface area (Å²) >= 11 is 0. The molecule has 0 aliphatic carbocycles. The molecule has 6 heteroatoms. The number of aryl methyl sites for hydroxylation is 3. The number of piperidine rings is 1. The number of carbonyl (C=O) groups excluding carboxylic acids is 2. The molecule has 2 aromatic rings. The number of aromatic nitrogens is 2. The Labute approximate surface area is 197 Å². The molecule has 3 heterocycles. The second-order valence-corrected chi connectivity index (χ2v) is 9.75. The standard InChI is InChI=1S/C27H36N4O2/c1-18-9-11-22(12-10-18)19(2)27(33)31-15-7-8-23(17-31)26-28-20(3)24(21(4)29-26)16-25(32)30-13-5-6-14-30/h9-12,19,23H,5-8,13-17H2,1-4H3/t19-,23+/m1/s1. The molecular weight excluding hydrogens is 412 g/mol. The molecule has 2 aliphatic heterocycles. The van der Waals surface area contributed by atoms with Crippen LogP contribution in [0.15, 0.2) is 24.3 Å². The molecule has 2 amide bonds. The molecule has 0 saturated carbocycles. The van der Waals surface area contributed by atoms with E-state index < -0.39 is 0 Å². The third kappa shape index (κ3) is 5.26. The number of nitrogens with zero attached hydrogens (tertiary/aromatic N) is 4. The molecule has 0 N–H and O–H groups in total. The highest BCUT2D eigenvalue weighted by molar-refractivity contribution is 5.83. The highest BCUT2D eigenvalue weighted by Gasteiger charge is 2.30. The molecule has 2 aliphatic rings. The quantitative estimate of drug-likeness (QED) is 0.691. The Kier molecular flexibility index (Phi) is 7.11. The number of amides is 2. The van der Waals surface area contributed by atoms with Crippen molar-refractivity contribution in [3.63, 3.8) is 0 Å². The van der Waals surface area contributed by atoms with Crippen molar-refractivity contribution in [3.8, 4) is 0 Å². The lowest BCUT2D eigenvalue weighted by molar-refractivity contribution is -0.133. The van der Waals surface area contributed by atoms with E-state index in [-0.39, 0.29) is 23.7 Å². The second-order valence-electron chi connectivity index (χ2n) is 9.75. The first kappa shape index (κ1) is 23.4. The normalized spacial score (nSPS) is 19.6. The number of hydrogen-bond acceptors (Lipinski definition) is 4. The van der Waals surface area contributed by atoms with Crippen molar-refractivity contribution in [2.75, 3.05) is 26.2 Å². The highest BCUT2D eigenvalue weighted by atomic mass is 16.2. The summed E-state index contributed by atoms with van der Waals surface area (Å²) in [7, 11) is 0. The van der Waals surface area contributed by atoms with Gasteiger partial charge in [0.2, 0.25) is 11.8 Å². The minimum absolute atomic E-state index is 0.133. The van der Waals surface area contributed by atoms with Crippen LogP contribution in [0.25, 0.3) is 0 Å². The summed E-state index contributed by atoms with van der Waals surface area (Å²) in [5, 5.41) is 0. The molecule has 0 radical (unpaired) electrons. The monoisotopic (exact) mass is 448 g/mol. The van der Waals surface area contributed by atoms with E-state index in [0.29, 0.717) is 13.0 Å². The first-order chi connectivity index (χ1) is 15.8. The fourth-order valence-electron chi connectivity index (χ4n) is 5.09. The third-order valence-corrected chi connectivity index (χ3v) is 7.27. The van der Waals surface area contributed by atoms with Gasteiger partial charge in [-0.3, -0.25) is 9.59 Å². The number of rotatable bonds is 5. The van der Waals surface area contributed by atoms with Gasteiger partial charge in [-0.25, -0.2) is 9.97 Å². The zero-order chi connectivity index (χ0) is 23.5. The lowest BCUT2D eigenvalue weighted by Crippen LogP contribution is -2.41. The molecule has 1 aromatic carbocycles. The van der Waals surface area contributed by atoms with Crippen molar-refractivity contribution in [3.05, 3.63) is 58.2 Å². The minimum atomic E-state index is -0.160. The zero-order valence-electron chi connectivity index (χ0n) is 20.4. The van der Waals surface area contributed by atoms with Gasteiger partial charge in [0.15, 0.2) is 0 Å². The zero-order valence-corrected chi connectivity index (χ0v) is 20.4. The Hall–Kier alpha value is -2.76. The van der Waals surface area contributed by atoms with E-state index in [1.54, 1.807) is 0 Å². The van der Waals surface area contributed by atoms with Gasteiger partial charge in [0.25, 0.3) is 0 Å². The smallest absolute Gasteiger partial charge is 0.229 e. The Balaban J connectivity index is 1.45. The lowest BCUT2D eigenvalue weighted by Gasteiger charge is -2.34. The van der Waals surface area contributed by atoms with Crippen molar-refractivity contribution >= 4 is 11.8 Å². The number of benzene rings is 1. The van der Waals surface area contributed by atoms with E-state index >= 15 is 0 Å². The lowest BCUT2D eigenvalue weighted by atomic mass is 9.93. The summed E-state index contributed by atoms with van der Waals surface area (Å²) < 4.78 is 0. The van der Waals surface area contributed by atoms with Gasteiger partial charge in [0.05, 0.1) is 12.3 Å². The van der Waals surface area contributed by atoms with Gasteiger partial charge in [0.1, 0.15) is 5.82 Å². The average Bonchev–Trinajstić information content (AvgIpc) is 3.36. The molecule has 1 aromatic heterocycles. The van der Waals surface area contributed by atoms with Gasteiger partial charge in [-0.2, -0.15) is 0 Å². The molecule has 33 heavy (non-hydrogen) atoms. The molecule has 4 rings (SSSR count). The summed E-state index contributed by atoms with van der Waals surface area (Å²) in [5.74, 6) is 1.13. The predicted octanol–water partition coefficient (Wildman–Crippen LogP) is 4.08. The van der Waals surface area contributed by atoms with Crippen LogP contribution in [0.1, 0.15) is 78.3 Å². The molecule has 0 spiro atoms. The van der Waals surface area contributed by atoms with Crippen LogP contribution in [0.3, 0.4) is 0 Å². The van der Waals surface area contributed by atoms with Crippen LogP contribution in [-0.4, -0.2) is 57.8 Å². The average molecular weight is 449 g/mol. The molecular formula is C27H36N4O2. The summed E-state index contributed by atoms with van der Waals surface area (Å²) in [4.78, 5) is 39.5. The summed E-state index contributed by atoms with van der Waals surface area (Å²) in [6.07, 6.45) is 4.50. The van der Waals surface area contributed by atoms with E-state index in [9.17, 15) is 9.59 Å². The molecule has 176 valence electrons. The van der Waals surface area contributed by atoms with Crippen LogP contribution in [0.5, 0.6) is 0 Å². The second kappa shape index (κ2) is 10.0. The van der Waals surface area contributed by atoms with Gasteiger partial charge in [-0.1, -0.05) is 29.8 Å². The van der Waals surface area contributed by atoms with Crippen LogP contribution >= 0.6 is 0 Å². The van der Waals surface area contributed by atoms with Crippen LogP contribution in [0.2, 0.25) is 0 Å². The van der Waals surface area contributed by atoms with Crippen molar-refractivity contribution in [2.45, 2.75) is 71.6 Å². The van der Waals surface area contributed by atoms with Gasteiger partial charge in [-0.15, -0.1) is 0 Å². The summed E-state index contributed by atoms with van der Waals surface area (Å²) in [6, 6.07) is 8.23. The fourth-order valence-corrected chi connectivity index (χ4v) is 5.09. The first-order valence-corrected chi connectivity index (χ1v) is 12.3. The van der Waals surface area contributed by atoms with Crippen LogP contribution in [0, 0.1) is 20.8 Å². The Morgan fingerprint density at radius 2 is 1.55 bits per heavy atom. The van der Waals surface area contributed by atoms with E-state index in [1.165, 1.54) is 5.56 Å². The third-order valence-electron chi connectivity index (χ3n) is 7.27. The van der Waals surface area contributed by atoms with Gasteiger partial charge in [-0.05, 0) is 58.9 Å². The topological polar surface area (TPSA) is 66.4 Å². The Bertz CT molecular complexity index is 988. The summed E-state index contributed by atoms with van der Waals surface area (Å²) in [5.41, 5.74) is 4.99. The largest absolute Gasteiger partial charge is 0.342 e. The van der Waals surface area contributed by atoms with Gasteiger partial charge >= 0.3 is 0 Å². The maximum absolute atomic E-state index is 13.2. The van der Waals surface area contributed by atoms with Crippen molar-refractivity contribution in [2.24, 2.45) is 0 Å². The Morgan fingerprint density at radius 3 is 2.18 bits per heavy atom. The number of hydrogen-bond donors (Lipinski definition) is 0. The van der Waals surface area contributed by atoms with E-state index in [0.717, 1.165) is 73.7 Å². The van der Waals surface area contributed by atoms with E-state index in [4.69, 9.17) is 9.97 Å². The predicted molar refractivity (Wildman–Crippen MR) is 129 cm³/mol.